The van der Waals surface area contributed by atoms with E-state index in [1.165, 1.54) is 12.3 Å². The largest absolute Gasteiger partial charge is 0.507 e. The van der Waals surface area contributed by atoms with E-state index in [9.17, 15) is 10.2 Å². The van der Waals surface area contributed by atoms with Gasteiger partial charge in [-0.05, 0) is 35.2 Å². The van der Waals surface area contributed by atoms with Gasteiger partial charge in [0.2, 0.25) is 0 Å². The van der Waals surface area contributed by atoms with Crippen molar-refractivity contribution in [2.24, 2.45) is 4.99 Å². The molecule has 0 fully saturated rings. The highest BCUT2D eigenvalue weighted by Crippen LogP contribution is 2.33. The Morgan fingerprint density at radius 2 is 1.81 bits per heavy atom. The van der Waals surface area contributed by atoms with Gasteiger partial charge in [-0.1, -0.05) is 44.5 Å². The lowest BCUT2D eigenvalue weighted by molar-refractivity contribution is 0.446. The van der Waals surface area contributed by atoms with Crippen LogP contribution in [0.15, 0.2) is 41.4 Å². The smallest absolute Gasteiger partial charge is 0.141 e. The van der Waals surface area contributed by atoms with Crippen LogP contribution in [0.3, 0.4) is 0 Å². The first-order chi connectivity index (χ1) is 9.79. The van der Waals surface area contributed by atoms with Crippen molar-refractivity contribution in [3.8, 4) is 11.5 Å². The molecule has 0 amide bonds. The van der Waals surface area contributed by atoms with Crippen LogP contribution in [-0.4, -0.2) is 16.4 Å². The predicted octanol–water partition coefficient (Wildman–Crippen LogP) is 4.80. The third-order valence-corrected chi connectivity index (χ3v) is 3.39. The van der Waals surface area contributed by atoms with Crippen LogP contribution in [0.2, 0.25) is 5.02 Å². The van der Waals surface area contributed by atoms with Crippen LogP contribution in [0.5, 0.6) is 11.5 Å². The first-order valence-corrected chi connectivity index (χ1v) is 7.02. The number of nitrogens with zero attached hydrogens (tertiary/aromatic N) is 1. The second kappa shape index (κ2) is 5.78. The molecule has 2 rings (SSSR count). The molecule has 2 aromatic rings. The number of halogens is 1. The average molecular weight is 304 g/mol. The van der Waals surface area contributed by atoms with Gasteiger partial charge < -0.3 is 10.2 Å². The highest BCUT2D eigenvalue weighted by Gasteiger charge is 2.19. The number of aromatic hydroxyl groups is 2. The molecule has 0 aromatic heterocycles. The standard InChI is InChI=1S/C17H18ClNO2/c1-17(2,3)13-6-4-5-11(16(13)21)10-19-14-9-12(18)7-8-15(14)20/h4-10,20-21H,1-3H3. The molecule has 0 atom stereocenters. The van der Waals surface area contributed by atoms with Crippen molar-refractivity contribution in [1.82, 2.24) is 0 Å². The third kappa shape index (κ3) is 3.56. The highest BCUT2D eigenvalue weighted by atomic mass is 35.5. The molecule has 2 aromatic carbocycles. The number of aliphatic imine (C=N–C) groups is 1. The lowest BCUT2D eigenvalue weighted by atomic mass is 9.85. The summed E-state index contributed by atoms with van der Waals surface area (Å²) in [6.45, 7) is 6.10. The Labute approximate surface area is 129 Å². The summed E-state index contributed by atoms with van der Waals surface area (Å²) in [4.78, 5) is 4.20. The molecule has 0 aliphatic rings. The molecule has 0 saturated carbocycles. The Bertz CT molecular complexity index is 688. The summed E-state index contributed by atoms with van der Waals surface area (Å²) in [5, 5.41) is 20.6. The van der Waals surface area contributed by atoms with Gasteiger partial charge in [0.25, 0.3) is 0 Å². The molecular formula is C17H18ClNO2. The van der Waals surface area contributed by atoms with Crippen molar-refractivity contribution in [2.45, 2.75) is 26.2 Å². The maximum absolute atomic E-state index is 10.3. The van der Waals surface area contributed by atoms with Crippen LogP contribution in [0.1, 0.15) is 31.9 Å². The minimum atomic E-state index is -0.161. The SMILES string of the molecule is CC(C)(C)c1cccc(C=Nc2cc(Cl)ccc2O)c1O. The van der Waals surface area contributed by atoms with Crippen molar-refractivity contribution in [3.63, 3.8) is 0 Å². The Morgan fingerprint density at radius 1 is 1.10 bits per heavy atom. The second-order valence-corrected chi connectivity index (χ2v) is 6.32. The molecule has 0 saturated heterocycles. The van der Waals surface area contributed by atoms with Gasteiger partial charge in [0.1, 0.15) is 17.2 Å². The Kier molecular flexibility index (Phi) is 4.24. The van der Waals surface area contributed by atoms with E-state index in [4.69, 9.17) is 11.6 Å². The molecule has 4 heteroatoms. The summed E-state index contributed by atoms with van der Waals surface area (Å²) in [7, 11) is 0. The van der Waals surface area contributed by atoms with Gasteiger partial charge in [0.15, 0.2) is 0 Å². The number of hydrogen-bond donors (Lipinski definition) is 2. The van der Waals surface area contributed by atoms with Crippen molar-refractivity contribution >= 4 is 23.5 Å². The molecule has 2 N–H and O–H groups in total. The van der Waals surface area contributed by atoms with Crippen molar-refractivity contribution in [3.05, 3.63) is 52.5 Å². The predicted molar refractivity (Wildman–Crippen MR) is 87.2 cm³/mol. The van der Waals surface area contributed by atoms with Gasteiger partial charge in [-0.2, -0.15) is 0 Å². The monoisotopic (exact) mass is 303 g/mol. The highest BCUT2D eigenvalue weighted by molar-refractivity contribution is 6.30. The molecule has 0 unspecified atom stereocenters. The normalized spacial score (nSPS) is 12.0. The lowest BCUT2D eigenvalue weighted by Crippen LogP contribution is -2.11. The van der Waals surface area contributed by atoms with E-state index in [1.54, 1.807) is 18.2 Å². The van der Waals surface area contributed by atoms with E-state index in [-0.39, 0.29) is 16.9 Å². The summed E-state index contributed by atoms with van der Waals surface area (Å²) >= 11 is 5.88. The van der Waals surface area contributed by atoms with Gasteiger partial charge >= 0.3 is 0 Å². The topological polar surface area (TPSA) is 52.8 Å². The first kappa shape index (κ1) is 15.4. The van der Waals surface area contributed by atoms with E-state index in [0.29, 0.717) is 16.3 Å². The van der Waals surface area contributed by atoms with E-state index >= 15 is 0 Å². The number of phenols is 2. The van der Waals surface area contributed by atoms with E-state index in [2.05, 4.69) is 4.99 Å². The minimum absolute atomic E-state index is 0.0436. The molecule has 21 heavy (non-hydrogen) atoms. The molecule has 0 aliphatic carbocycles. The zero-order valence-electron chi connectivity index (χ0n) is 12.3. The fraction of sp³-hybridized carbons (Fsp3) is 0.235. The van der Waals surface area contributed by atoms with E-state index < -0.39 is 0 Å². The minimum Gasteiger partial charge on any atom is -0.507 e. The summed E-state index contributed by atoms with van der Waals surface area (Å²) in [6.07, 6.45) is 1.52. The quantitative estimate of drug-likeness (QED) is 0.783. The Hall–Kier alpha value is -2.00. The first-order valence-electron chi connectivity index (χ1n) is 6.64. The zero-order chi connectivity index (χ0) is 15.6. The lowest BCUT2D eigenvalue weighted by Gasteiger charge is -2.21. The van der Waals surface area contributed by atoms with Crippen LogP contribution in [0.4, 0.5) is 5.69 Å². The molecule has 3 nitrogen and oxygen atoms in total. The zero-order valence-corrected chi connectivity index (χ0v) is 13.0. The number of para-hydroxylation sites is 1. The van der Waals surface area contributed by atoms with E-state index in [1.807, 2.05) is 32.9 Å². The third-order valence-electron chi connectivity index (χ3n) is 3.16. The fourth-order valence-corrected chi connectivity index (χ4v) is 2.18. The molecule has 0 radical (unpaired) electrons. The molecule has 0 bridgehead atoms. The van der Waals surface area contributed by atoms with Gasteiger partial charge in [0, 0.05) is 16.8 Å². The number of phenolic OH excluding ortho intramolecular Hbond substituents is 2. The van der Waals surface area contributed by atoms with Crippen molar-refractivity contribution in [2.75, 3.05) is 0 Å². The van der Waals surface area contributed by atoms with Gasteiger partial charge in [-0.15, -0.1) is 0 Å². The summed E-state index contributed by atoms with van der Waals surface area (Å²) in [5.74, 6) is 0.248. The van der Waals surface area contributed by atoms with Crippen LogP contribution in [-0.2, 0) is 5.41 Å². The van der Waals surface area contributed by atoms with Crippen molar-refractivity contribution in [1.29, 1.82) is 0 Å². The van der Waals surface area contributed by atoms with Crippen LogP contribution in [0, 0.1) is 0 Å². The van der Waals surface area contributed by atoms with Crippen LogP contribution in [0.25, 0.3) is 0 Å². The number of rotatable bonds is 2. The van der Waals surface area contributed by atoms with Crippen LogP contribution < -0.4 is 0 Å². The van der Waals surface area contributed by atoms with Gasteiger partial charge in [-0.3, -0.25) is 4.99 Å². The Morgan fingerprint density at radius 3 is 2.48 bits per heavy atom. The Balaban J connectivity index is 2.40. The molecule has 110 valence electrons. The van der Waals surface area contributed by atoms with Gasteiger partial charge in [-0.25, -0.2) is 0 Å². The fourth-order valence-electron chi connectivity index (χ4n) is 2.01. The van der Waals surface area contributed by atoms with Crippen molar-refractivity contribution < 1.29 is 10.2 Å². The number of hydrogen-bond acceptors (Lipinski definition) is 3. The molecule has 0 aliphatic heterocycles. The molecule has 0 heterocycles. The molecular weight excluding hydrogens is 286 g/mol. The van der Waals surface area contributed by atoms with Crippen LogP contribution >= 0.6 is 11.6 Å². The van der Waals surface area contributed by atoms with E-state index in [0.717, 1.165) is 5.56 Å². The summed E-state index contributed by atoms with van der Waals surface area (Å²) in [5.41, 5.74) is 1.65. The summed E-state index contributed by atoms with van der Waals surface area (Å²) in [6, 6.07) is 10.2. The maximum Gasteiger partial charge on any atom is 0.141 e. The second-order valence-electron chi connectivity index (χ2n) is 5.88. The summed E-state index contributed by atoms with van der Waals surface area (Å²) < 4.78 is 0. The number of benzene rings is 2. The molecule has 0 spiro atoms. The average Bonchev–Trinajstić information content (AvgIpc) is 2.40. The maximum atomic E-state index is 10.3. The van der Waals surface area contributed by atoms with Gasteiger partial charge in [0.05, 0.1) is 0 Å².